The van der Waals surface area contributed by atoms with Crippen LogP contribution >= 0.6 is 11.6 Å². The van der Waals surface area contributed by atoms with Gasteiger partial charge in [-0.05, 0) is 24.8 Å². The van der Waals surface area contributed by atoms with Crippen LogP contribution in [-0.4, -0.2) is 37.7 Å². The second-order valence-electron chi connectivity index (χ2n) is 6.54. The normalized spacial score (nSPS) is 19.1. The average Bonchev–Trinajstić information content (AvgIpc) is 2.63. The lowest BCUT2D eigenvalue weighted by Gasteiger charge is -2.29. The van der Waals surface area contributed by atoms with Crippen molar-refractivity contribution in [3.05, 3.63) is 22.7 Å². The van der Waals surface area contributed by atoms with Gasteiger partial charge in [-0.15, -0.1) is 0 Å². The predicted molar refractivity (Wildman–Crippen MR) is 101 cm³/mol. The second-order valence-corrected chi connectivity index (χ2v) is 6.95. The fourth-order valence-corrected chi connectivity index (χ4v) is 3.17. The minimum atomic E-state index is -0.815. The maximum atomic E-state index is 12.2. The summed E-state index contributed by atoms with van der Waals surface area (Å²) in [6.07, 6.45) is 4.12. The number of esters is 1. The van der Waals surface area contributed by atoms with Crippen molar-refractivity contribution >= 4 is 35.2 Å². The number of carbonyl (C=O) groups excluding carboxylic acids is 3. The third-order valence-electron chi connectivity index (χ3n) is 4.55. The highest BCUT2D eigenvalue weighted by molar-refractivity contribution is 6.33. The number of amides is 3. The lowest BCUT2D eigenvalue weighted by atomic mass is 9.86. The Balaban J connectivity index is 1.85. The van der Waals surface area contributed by atoms with Gasteiger partial charge in [0, 0.05) is 12.1 Å². The molecule has 27 heavy (non-hydrogen) atoms. The highest BCUT2D eigenvalue weighted by atomic mass is 35.5. The summed E-state index contributed by atoms with van der Waals surface area (Å²) in [5, 5.41) is 5.11. The third kappa shape index (κ3) is 5.75. The van der Waals surface area contributed by atoms with Gasteiger partial charge in [-0.25, -0.2) is 9.59 Å². The molecule has 0 spiro atoms. The number of nitrogen functional groups attached to an aromatic ring is 1. The minimum absolute atomic E-state index is 0.0324. The third-order valence-corrected chi connectivity index (χ3v) is 4.88. The molecule has 148 valence electrons. The van der Waals surface area contributed by atoms with Gasteiger partial charge in [-0.3, -0.25) is 10.1 Å². The van der Waals surface area contributed by atoms with Crippen molar-refractivity contribution in [1.29, 1.82) is 0 Å². The molecule has 0 radical (unpaired) electrons. The summed E-state index contributed by atoms with van der Waals surface area (Å²) in [6.45, 7) is 1.45. The fourth-order valence-electron chi connectivity index (χ4n) is 3.00. The summed E-state index contributed by atoms with van der Waals surface area (Å²) in [5.74, 6) is -1.01. The first-order valence-corrected chi connectivity index (χ1v) is 9.10. The molecule has 1 aliphatic rings. The molecule has 2 rings (SSSR count). The SMILES string of the molecule is COc1cc(N)c(Cl)cc1C(=O)OCC(=O)NC(=O)N[C@H]1CCCC[C@@H]1C. The molecule has 8 nitrogen and oxygen atoms in total. The maximum Gasteiger partial charge on any atom is 0.342 e. The molecule has 1 aromatic rings. The zero-order valence-corrected chi connectivity index (χ0v) is 16.1. The number of urea groups is 1. The Hall–Kier alpha value is -2.48. The zero-order chi connectivity index (χ0) is 20.0. The van der Waals surface area contributed by atoms with Gasteiger partial charge in [-0.1, -0.05) is 31.4 Å². The van der Waals surface area contributed by atoms with E-state index in [9.17, 15) is 14.4 Å². The van der Waals surface area contributed by atoms with Crippen molar-refractivity contribution < 1.29 is 23.9 Å². The molecule has 0 aliphatic heterocycles. The van der Waals surface area contributed by atoms with Crippen LogP contribution in [0.25, 0.3) is 0 Å². The Bertz CT molecular complexity index is 725. The van der Waals surface area contributed by atoms with E-state index < -0.39 is 24.5 Å². The molecular weight excluding hydrogens is 374 g/mol. The van der Waals surface area contributed by atoms with Crippen molar-refractivity contribution in [2.45, 2.75) is 38.6 Å². The molecule has 1 aliphatic carbocycles. The molecule has 0 unspecified atom stereocenters. The fraction of sp³-hybridized carbons (Fsp3) is 0.500. The highest BCUT2D eigenvalue weighted by Gasteiger charge is 2.24. The number of nitrogens with one attached hydrogen (secondary N) is 2. The van der Waals surface area contributed by atoms with Gasteiger partial charge in [-0.2, -0.15) is 0 Å². The zero-order valence-electron chi connectivity index (χ0n) is 15.3. The van der Waals surface area contributed by atoms with E-state index in [0.717, 1.165) is 25.7 Å². The van der Waals surface area contributed by atoms with Crippen LogP contribution < -0.4 is 21.1 Å². The molecule has 0 saturated heterocycles. The van der Waals surface area contributed by atoms with Crippen LogP contribution in [0.5, 0.6) is 5.75 Å². The summed E-state index contributed by atoms with van der Waals surface area (Å²) < 4.78 is 9.99. The Labute approximate surface area is 162 Å². The second kappa shape index (κ2) is 9.45. The number of rotatable bonds is 5. The summed E-state index contributed by atoms with van der Waals surface area (Å²) >= 11 is 5.90. The molecule has 0 heterocycles. The number of imide groups is 1. The Morgan fingerprint density at radius 3 is 2.63 bits per heavy atom. The van der Waals surface area contributed by atoms with Crippen LogP contribution in [0.15, 0.2) is 12.1 Å². The largest absolute Gasteiger partial charge is 0.496 e. The van der Waals surface area contributed by atoms with Crippen LogP contribution in [0.2, 0.25) is 5.02 Å². The number of benzene rings is 1. The Morgan fingerprint density at radius 2 is 1.96 bits per heavy atom. The van der Waals surface area contributed by atoms with Gasteiger partial charge >= 0.3 is 12.0 Å². The van der Waals surface area contributed by atoms with Crippen molar-refractivity contribution in [2.75, 3.05) is 19.5 Å². The molecule has 1 fully saturated rings. The van der Waals surface area contributed by atoms with E-state index in [1.807, 2.05) is 0 Å². The molecule has 1 saturated carbocycles. The van der Waals surface area contributed by atoms with Gasteiger partial charge in [0.25, 0.3) is 5.91 Å². The summed E-state index contributed by atoms with van der Waals surface area (Å²) in [6, 6.07) is 2.13. The van der Waals surface area contributed by atoms with E-state index in [-0.39, 0.29) is 28.1 Å². The number of anilines is 1. The first-order valence-electron chi connectivity index (χ1n) is 8.72. The van der Waals surface area contributed by atoms with E-state index in [1.54, 1.807) is 0 Å². The van der Waals surface area contributed by atoms with Gasteiger partial charge in [0.05, 0.1) is 17.8 Å². The number of hydrogen-bond donors (Lipinski definition) is 3. The van der Waals surface area contributed by atoms with E-state index in [4.69, 9.17) is 26.8 Å². The van der Waals surface area contributed by atoms with E-state index in [1.165, 1.54) is 19.2 Å². The topological polar surface area (TPSA) is 120 Å². The highest BCUT2D eigenvalue weighted by Crippen LogP contribution is 2.29. The quantitative estimate of drug-likeness (QED) is 0.518. The number of ether oxygens (including phenoxy) is 2. The Morgan fingerprint density at radius 1 is 1.26 bits per heavy atom. The smallest absolute Gasteiger partial charge is 0.342 e. The van der Waals surface area contributed by atoms with E-state index >= 15 is 0 Å². The number of nitrogens with two attached hydrogens (primary N) is 1. The number of carbonyl (C=O) groups is 3. The molecule has 1 aromatic carbocycles. The van der Waals surface area contributed by atoms with Gasteiger partial charge in [0.1, 0.15) is 11.3 Å². The van der Waals surface area contributed by atoms with Gasteiger partial charge in [0.15, 0.2) is 6.61 Å². The number of halogens is 1. The van der Waals surface area contributed by atoms with Crippen LogP contribution in [0.4, 0.5) is 10.5 Å². The van der Waals surface area contributed by atoms with Crippen molar-refractivity contribution in [3.63, 3.8) is 0 Å². The number of hydrogen-bond acceptors (Lipinski definition) is 6. The molecular formula is C18H24ClN3O5. The molecule has 0 aromatic heterocycles. The van der Waals surface area contributed by atoms with Crippen LogP contribution in [0, 0.1) is 5.92 Å². The Kier molecular flexibility index (Phi) is 7.29. The lowest BCUT2D eigenvalue weighted by molar-refractivity contribution is -0.123. The van der Waals surface area contributed by atoms with E-state index in [2.05, 4.69) is 17.6 Å². The standard InChI is InChI=1S/C18H24ClN3O5/c1-10-5-3-4-6-14(10)21-18(25)22-16(23)9-27-17(24)11-7-12(19)13(20)8-15(11)26-2/h7-8,10,14H,3-6,9,20H2,1-2H3,(H2,21,22,23,25)/t10-,14-/m0/s1. The first-order chi connectivity index (χ1) is 12.8. The van der Waals surface area contributed by atoms with Crippen LogP contribution in [-0.2, 0) is 9.53 Å². The van der Waals surface area contributed by atoms with Crippen molar-refractivity contribution in [3.8, 4) is 5.75 Å². The summed E-state index contributed by atoms with van der Waals surface area (Å²) in [4.78, 5) is 35.9. The average molecular weight is 398 g/mol. The first kappa shape index (κ1) is 20.8. The molecule has 2 atom stereocenters. The summed E-state index contributed by atoms with van der Waals surface area (Å²) in [5.41, 5.74) is 5.94. The van der Waals surface area contributed by atoms with Crippen LogP contribution in [0.1, 0.15) is 43.0 Å². The van der Waals surface area contributed by atoms with Gasteiger partial charge < -0.3 is 20.5 Å². The molecule has 0 bridgehead atoms. The van der Waals surface area contributed by atoms with Crippen molar-refractivity contribution in [1.82, 2.24) is 10.6 Å². The molecule has 3 amide bonds. The predicted octanol–water partition coefficient (Wildman–Crippen LogP) is 2.49. The minimum Gasteiger partial charge on any atom is -0.496 e. The van der Waals surface area contributed by atoms with Crippen molar-refractivity contribution in [2.24, 2.45) is 5.92 Å². The maximum absolute atomic E-state index is 12.2. The molecule has 9 heteroatoms. The molecule has 4 N–H and O–H groups in total. The van der Waals surface area contributed by atoms with E-state index in [0.29, 0.717) is 5.92 Å². The van der Waals surface area contributed by atoms with Gasteiger partial charge in [0.2, 0.25) is 0 Å². The monoisotopic (exact) mass is 397 g/mol. The lowest BCUT2D eigenvalue weighted by Crippen LogP contribution is -2.48. The number of methoxy groups -OCH3 is 1. The van der Waals surface area contributed by atoms with Crippen LogP contribution in [0.3, 0.4) is 0 Å². The summed E-state index contributed by atoms with van der Waals surface area (Å²) in [7, 11) is 1.36.